The minimum atomic E-state index is -0.181. The van der Waals surface area contributed by atoms with Crippen LogP contribution in [0.2, 0.25) is 0 Å². The van der Waals surface area contributed by atoms with Gasteiger partial charge in [0.15, 0.2) is 0 Å². The molecule has 0 radical (unpaired) electrons. The lowest BCUT2D eigenvalue weighted by Crippen LogP contribution is -2.43. The number of nitrogens with two attached hydrogens (primary N) is 2. The van der Waals surface area contributed by atoms with Crippen molar-refractivity contribution in [2.24, 2.45) is 11.5 Å². The second-order valence-corrected chi connectivity index (χ2v) is 8.94. The summed E-state index contributed by atoms with van der Waals surface area (Å²) in [6.07, 6.45) is 6.41. The molecule has 3 atom stereocenters. The number of amides is 1. The molecular weight excluding hydrogens is 386 g/mol. The van der Waals surface area contributed by atoms with Gasteiger partial charge in [-0.2, -0.15) is 11.8 Å². The highest BCUT2D eigenvalue weighted by Gasteiger charge is 2.30. The van der Waals surface area contributed by atoms with E-state index in [0.29, 0.717) is 31.2 Å². The highest BCUT2D eigenvalue weighted by molar-refractivity contribution is 8.00. The SMILES string of the molecule is N[C@@H]1[C@H](CCCCNC(=O)CCCCCC(=O)OCc2ccccc2)SC[C@@H]1N. The fourth-order valence-corrected chi connectivity index (χ4v) is 4.79. The molecule has 0 bridgehead atoms. The van der Waals surface area contributed by atoms with Gasteiger partial charge in [-0.15, -0.1) is 0 Å². The van der Waals surface area contributed by atoms with Crippen molar-refractivity contribution in [3.63, 3.8) is 0 Å². The zero-order chi connectivity index (χ0) is 20.9. The number of carbonyl (C=O) groups excluding carboxylic acids is 2. The third kappa shape index (κ3) is 9.65. The Labute approximate surface area is 178 Å². The third-order valence-electron chi connectivity index (χ3n) is 5.19. The normalized spacial score (nSPS) is 21.1. The highest BCUT2D eigenvalue weighted by Crippen LogP contribution is 2.28. The van der Waals surface area contributed by atoms with Crippen LogP contribution in [0.5, 0.6) is 0 Å². The molecule has 7 heteroatoms. The van der Waals surface area contributed by atoms with E-state index in [0.717, 1.165) is 49.8 Å². The summed E-state index contributed by atoms with van der Waals surface area (Å²) < 4.78 is 5.25. The summed E-state index contributed by atoms with van der Waals surface area (Å²) in [6, 6.07) is 9.88. The van der Waals surface area contributed by atoms with Crippen LogP contribution in [0.3, 0.4) is 0 Å². The third-order valence-corrected chi connectivity index (χ3v) is 6.75. The van der Waals surface area contributed by atoms with Crippen molar-refractivity contribution in [2.45, 2.75) is 75.3 Å². The molecule has 0 aliphatic carbocycles. The van der Waals surface area contributed by atoms with Crippen molar-refractivity contribution >= 4 is 23.6 Å². The van der Waals surface area contributed by atoms with Crippen LogP contribution in [0.15, 0.2) is 30.3 Å². The fourth-order valence-electron chi connectivity index (χ4n) is 3.34. The molecule has 1 saturated heterocycles. The molecule has 5 N–H and O–H groups in total. The Hall–Kier alpha value is -1.57. The molecule has 1 aliphatic rings. The summed E-state index contributed by atoms with van der Waals surface area (Å²) in [6.45, 7) is 1.03. The van der Waals surface area contributed by atoms with Crippen molar-refractivity contribution in [1.82, 2.24) is 5.32 Å². The standard InChI is InChI=1S/C22H35N3O3S/c23-18-16-29-19(22(18)24)11-7-8-14-25-20(26)12-5-2-6-13-21(27)28-15-17-9-3-1-4-10-17/h1,3-4,9-10,18-19,22H,2,5-8,11-16,23-24H2,(H,25,26)/t18-,19-,22-/m0/s1. The Morgan fingerprint density at radius 2 is 1.79 bits per heavy atom. The van der Waals surface area contributed by atoms with Gasteiger partial charge in [-0.1, -0.05) is 43.2 Å². The fraction of sp³-hybridized carbons (Fsp3) is 0.636. The predicted molar refractivity (Wildman–Crippen MR) is 118 cm³/mol. The Bertz CT molecular complexity index is 615. The van der Waals surface area contributed by atoms with Gasteiger partial charge in [0, 0.05) is 42.5 Å². The number of unbranched alkanes of at least 4 members (excludes halogenated alkanes) is 3. The van der Waals surface area contributed by atoms with Crippen LogP contribution in [-0.2, 0) is 20.9 Å². The van der Waals surface area contributed by atoms with E-state index in [9.17, 15) is 9.59 Å². The van der Waals surface area contributed by atoms with Gasteiger partial charge in [0.25, 0.3) is 0 Å². The first-order valence-electron chi connectivity index (χ1n) is 10.7. The minimum Gasteiger partial charge on any atom is -0.461 e. The molecule has 162 valence electrons. The van der Waals surface area contributed by atoms with Gasteiger partial charge in [-0.3, -0.25) is 9.59 Å². The first-order chi connectivity index (χ1) is 14.1. The number of hydrogen-bond donors (Lipinski definition) is 3. The van der Waals surface area contributed by atoms with E-state index in [-0.39, 0.29) is 24.0 Å². The van der Waals surface area contributed by atoms with Crippen molar-refractivity contribution in [1.29, 1.82) is 0 Å². The Balaban J connectivity index is 1.39. The van der Waals surface area contributed by atoms with Crippen LogP contribution in [0.1, 0.15) is 56.9 Å². The van der Waals surface area contributed by atoms with Crippen LogP contribution in [0, 0.1) is 0 Å². The van der Waals surface area contributed by atoms with Gasteiger partial charge in [-0.25, -0.2) is 0 Å². The van der Waals surface area contributed by atoms with Crippen molar-refractivity contribution in [3.05, 3.63) is 35.9 Å². The van der Waals surface area contributed by atoms with Gasteiger partial charge in [-0.05, 0) is 31.2 Å². The maximum absolute atomic E-state index is 11.9. The molecule has 1 heterocycles. The number of nitrogens with one attached hydrogen (secondary N) is 1. The monoisotopic (exact) mass is 421 g/mol. The van der Waals surface area contributed by atoms with E-state index in [1.54, 1.807) is 0 Å². The molecule has 6 nitrogen and oxygen atoms in total. The summed E-state index contributed by atoms with van der Waals surface area (Å²) in [7, 11) is 0. The van der Waals surface area contributed by atoms with Crippen molar-refractivity contribution in [2.75, 3.05) is 12.3 Å². The number of benzene rings is 1. The summed E-state index contributed by atoms with van der Waals surface area (Å²) in [4.78, 5) is 23.6. The summed E-state index contributed by atoms with van der Waals surface area (Å²) in [5.41, 5.74) is 13.0. The molecule has 1 aliphatic heterocycles. The van der Waals surface area contributed by atoms with Gasteiger partial charge in [0.2, 0.25) is 5.91 Å². The van der Waals surface area contributed by atoms with Crippen LogP contribution in [0.25, 0.3) is 0 Å². The lowest BCUT2D eigenvalue weighted by atomic mass is 10.0. The maximum Gasteiger partial charge on any atom is 0.306 e. The molecular formula is C22H35N3O3S. The van der Waals surface area contributed by atoms with Crippen LogP contribution < -0.4 is 16.8 Å². The molecule has 1 aromatic carbocycles. The Morgan fingerprint density at radius 1 is 1.03 bits per heavy atom. The average molecular weight is 422 g/mol. The average Bonchev–Trinajstić information content (AvgIpc) is 3.04. The second kappa shape index (κ2) is 13.6. The van der Waals surface area contributed by atoms with Gasteiger partial charge < -0.3 is 21.5 Å². The molecule has 2 rings (SSSR count). The summed E-state index contributed by atoms with van der Waals surface area (Å²) >= 11 is 1.87. The molecule has 1 fully saturated rings. The van der Waals surface area contributed by atoms with Crippen molar-refractivity contribution < 1.29 is 14.3 Å². The van der Waals surface area contributed by atoms with E-state index in [2.05, 4.69) is 5.32 Å². The van der Waals surface area contributed by atoms with Crippen LogP contribution in [-0.4, -0.2) is 41.5 Å². The van der Waals surface area contributed by atoms with Gasteiger partial charge >= 0.3 is 5.97 Å². The molecule has 0 saturated carbocycles. The van der Waals surface area contributed by atoms with Crippen LogP contribution in [0.4, 0.5) is 0 Å². The zero-order valence-corrected chi connectivity index (χ0v) is 18.0. The minimum absolute atomic E-state index is 0.0885. The lowest BCUT2D eigenvalue weighted by Gasteiger charge is -2.16. The van der Waals surface area contributed by atoms with E-state index < -0.39 is 0 Å². The molecule has 1 aromatic rings. The van der Waals surface area contributed by atoms with E-state index in [4.69, 9.17) is 16.2 Å². The number of esters is 1. The number of rotatable bonds is 13. The van der Waals surface area contributed by atoms with E-state index >= 15 is 0 Å². The number of ether oxygens (including phenoxy) is 1. The lowest BCUT2D eigenvalue weighted by molar-refractivity contribution is -0.145. The van der Waals surface area contributed by atoms with Crippen molar-refractivity contribution in [3.8, 4) is 0 Å². The maximum atomic E-state index is 11.9. The van der Waals surface area contributed by atoms with Gasteiger partial charge in [0.1, 0.15) is 6.61 Å². The first kappa shape index (κ1) is 23.7. The number of thioether (sulfide) groups is 1. The molecule has 29 heavy (non-hydrogen) atoms. The molecule has 0 spiro atoms. The highest BCUT2D eigenvalue weighted by atomic mass is 32.2. The summed E-state index contributed by atoms with van der Waals surface area (Å²) in [5, 5.41) is 3.43. The topological polar surface area (TPSA) is 107 Å². The van der Waals surface area contributed by atoms with Gasteiger partial charge in [0.05, 0.1) is 0 Å². The summed E-state index contributed by atoms with van der Waals surface area (Å²) in [5.74, 6) is 0.859. The molecule has 0 aromatic heterocycles. The first-order valence-corrected chi connectivity index (χ1v) is 11.7. The van der Waals surface area contributed by atoms with Crippen LogP contribution >= 0.6 is 11.8 Å². The second-order valence-electron chi connectivity index (χ2n) is 7.67. The quantitative estimate of drug-likeness (QED) is 0.334. The molecule has 0 unspecified atom stereocenters. The van der Waals surface area contributed by atoms with E-state index in [1.165, 1.54) is 0 Å². The largest absolute Gasteiger partial charge is 0.461 e. The Kier molecular flexibility index (Phi) is 11.1. The van der Waals surface area contributed by atoms with E-state index in [1.807, 2.05) is 42.1 Å². The smallest absolute Gasteiger partial charge is 0.306 e. The zero-order valence-electron chi connectivity index (χ0n) is 17.2. The number of carbonyl (C=O) groups is 2. The number of hydrogen-bond acceptors (Lipinski definition) is 6. The molecule has 1 amide bonds. The predicted octanol–water partition coefficient (Wildman–Crippen LogP) is 2.74. The Morgan fingerprint density at radius 3 is 2.52 bits per heavy atom.